The Hall–Kier alpha value is -6.85. The quantitative estimate of drug-likeness (QED) is 0.173. The van der Waals surface area contributed by atoms with Gasteiger partial charge in [0.05, 0.1) is 0 Å². The molecule has 236 valence electrons. The maximum absolute atomic E-state index is 6.37. The van der Waals surface area contributed by atoms with E-state index in [0.717, 1.165) is 72.4 Å². The van der Waals surface area contributed by atoms with Crippen molar-refractivity contribution in [1.82, 2.24) is 15.0 Å². The summed E-state index contributed by atoms with van der Waals surface area (Å²) in [4.78, 5) is 14.7. The Balaban J connectivity index is 1.01. The van der Waals surface area contributed by atoms with Gasteiger partial charge in [0.25, 0.3) is 0 Å². The molecule has 0 bridgehead atoms. The number of para-hydroxylation sites is 1. The van der Waals surface area contributed by atoms with Crippen LogP contribution in [0, 0.1) is 0 Å². The summed E-state index contributed by atoms with van der Waals surface area (Å²) in [5, 5.41) is 2.24. The van der Waals surface area contributed by atoms with Crippen LogP contribution in [0.15, 0.2) is 180 Å². The van der Waals surface area contributed by atoms with Gasteiger partial charge in [-0.3, -0.25) is 0 Å². The van der Waals surface area contributed by atoms with Crippen molar-refractivity contribution < 1.29 is 9.15 Å². The van der Waals surface area contributed by atoms with Crippen LogP contribution in [0.1, 0.15) is 0 Å². The molecule has 0 aliphatic rings. The van der Waals surface area contributed by atoms with Crippen LogP contribution >= 0.6 is 0 Å². The van der Waals surface area contributed by atoms with Gasteiger partial charge in [-0.15, -0.1) is 0 Å². The van der Waals surface area contributed by atoms with Crippen molar-refractivity contribution in [3.8, 4) is 67.9 Å². The molecule has 5 heteroatoms. The molecule has 0 spiro atoms. The number of ether oxygens (including phenoxy) is 1. The fraction of sp³-hybridized carbons (Fsp3) is 0. The molecule has 7 aromatic carbocycles. The van der Waals surface area contributed by atoms with E-state index in [4.69, 9.17) is 24.1 Å². The molecule has 0 fully saturated rings. The Bertz CT molecular complexity index is 2560. The Morgan fingerprint density at radius 1 is 0.360 bits per heavy atom. The maximum atomic E-state index is 6.37. The van der Waals surface area contributed by atoms with Gasteiger partial charge < -0.3 is 9.15 Å². The number of nitrogens with zero attached hydrogens (tertiary/aromatic N) is 3. The van der Waals surface area contributed by atoms with Crippen LogP contribution in [-0.4, -0.2) is 15.0 Å². The zero-order valence-corrected chi connectivity index (χ0v) is 26.9. The Kier molecular flexibility index (Phi) is 7.41. The first-order valence-electron chi connectivity index (χ1n) is 16.5. The zero-order chi connectivity index (χ0) is 33.3. The van der Waals surface area contributed by atoms with E-state index in [1.165, 1.54) is 0 Å². The molecular weight excluding hydrogens is 615 g/mol. The lowest BCUT2D eigenvalue weighted by Gasteiger charge is -2.11. The minimum Gasteiger partial charge on any atom is -0.457 e. The summed E-state index contributed by atoms with van der Waals surface area (Å²) in [6, 6.07) is 59.0. The molecule has 9 rings (SSSR count). The molecule has 9 aromatic rings. The molecule has 0 atom stereocenters. The molecular formula is C45H29N3O2. The summed E-state index contributed by atoms with van der Waals surface area (Å²) in [5.41, 5.74) is 8.85. The van der Waals surface area contributed by atoms with Crippen molar-refractivity contribution in [3.63, 3.8) is 0 Å². The van der Waals surface area contributed by atoms with Crippen LogP contribution < -0.4 is 4.74 Å². The van der Waals surface area contributed by atoms with Crippen LogP contribution in [0.3, 0.4) is 0 Å². The zero-order valence-electron chi connectivity index (χ0n) is 26.9. The molecule has 0 saturated heterocycles. The number of fused-ring (bicyclic) bond motifs is 3. The second-order valence-electron chi connectivity index (χ2n) is 12.1. The van der Waals surface area contributed by atoms with E-state index in [1.54, 1.807) is 0 Å². The van der Waals surface area contributed by atoms with E-state index in [-0.39, 0.29) is 0 Å². The molecule has 5 nitrogen and oxygen atoms in total. The van der Waals surface area contributed by atoms with Crippen molar-refractivity contribution in [2.45, 2.75) is 0 Å². The van der Waals surface area contributed by atoms with Crippen LogP contribution in [0.4, 0.5) is 0 Å². The smallest absolute Gasteiger partial charge is 0.164 e. The molecule has 0 N–H and O–H groups in total. The highest BCUT2D eigenvalue weighted by molar-refractivity contribution is 6.12. The average molecular weight is 644 g/mol. The second kappa shape index (κ2) is 12.6. The third-order valence-electron chi connectivity index (χ3n) is 8.79. The molecule has 2 heterocycles. The second-order valence-corrected chi connectivity index (χ2v) is 12.1. The monoisotopic (exact) mass is 643 g/mol. The van der Waals surface area contributed by atoms with E-state index in [9.17, 15) is 0 Å². The molecule has 50 heavy (non-hydrogen) atoms. The van der Waals surface area contributed by atoms with Crippen LogP contribution in [0.2, 0.25) is 0 Å². The first-order valence-corrected chi connectivity index (χ1v) is 16.5. The van der Waals surface area contributed by atoms with Gasteiger partial charge in [-0.05, 0) is 64.7 Å². The number of hydrogen-bond donors (Lipinski definition) is 0. The molecule has 0 unspecified atom stereocenters. The van der Waals surface area contributed by atoms with E-state index in [1.807, 2.05) is 127 Å². The first-order chi connectivity index (χ1) is 24.7. The predicted molar refractivity (Wildman–Crippen MR) is 201 cm³/mol. The predicted octanol–water partition coefficient (Wildman–Crippen LogP) is 11.9. The third kappa shape index (κ3) is 5.67. The van der Waals surface area contributed by atoms with Crippen molar-refractivity contribution >= 4 is 21.9 Å². The van der Waals surface area contributed by atoms with E-state index >= 15 is 0 Å². The first kappa shape index (κ1) is 29.3. The lowest BCUT2D eigenvalue weighted by molar-refractivity contribution is 0.483. The van der Waals surface area contributed by atoms with Gasteiger partial charge in [0.2, 0.25) is 0 Å². The minimum absolute atomic E-state index is 0.617. The average Bonchev–Trinajstić information content (AvgIpc) is 3.58. The topological polar surface area (TPSA) is 61.0 Å². The van der Waals surface area contributed by atoms with Crippen molar-refractivity contribution in [3.05, 3.63) is 176 Å². The standard InChI is InChI=1S/C45H29N3O2/c1-3-12-31(13-4-1)43-46-44(32-14-5-2-6-15-32)48-45(47-43)35-18-9-16-33(28-35)34-17-10-19-37(29-34)49-36-26-24-30(25-27-36)38-21-11-23-41-42(38)39-20-7-8-22-40(39)50-41/h1-29H. The maximum Gasteiger partial charge on any atom is 0.164 e. The van der Waals surface area contributed by atoms with E-state index < -0.39 is 0 Å². The Morgan fingerprint density at radius 2 is 0.900 bits per heavy atom. The van der Waals surface area contributed by atoms with E-state index in [0.29, 0.717) is 17.5 Å². The van der Waals surface area contributed by atoms with Crippen molar-refractivity contribution in [2.24, 2.45) is 0 Å². The molecule has 0 aliphatic heterocycles. The highest BCUT2D eigenvalue weighted by Gasteiger charge is 2.14. The van der Waals surface area contributed by atoms with Gasteiger partial charge in [-0.25, -0.2) is 15.0 Å². The Labute approximate surface area is 289 Å². The normalized spacial score (nSPS) is 11.2. The molecule has 2 aromatic heterocycles. The summed E-state index contributed by atoms with van der Waals surface area (Å²) in [6.45, 7) is 0. The summed E-state index contributed by atoms with van der Waals surface area (Å²) < 4.78 is 12.5. The largest absolute Gasteiger partial charge is 0.457 e. The summed E-state index contributed by atoms with van der Waals surface area (Å²) >= 11 is 0. The molecule has 0 radical (unpaired) electrons. The number of hydrogen-bond acceptors (Lipinski definition) is 5. The van der Waals surface area contributed by atoms with Crippen LogP contribution in [0.25, 0.3) is 78.4 Å². The van der Waals surface area contributed by atoms with Gasteiger partial charge in [0, 0.05) is 27.5 Å². The van der Waals surface area contributed by atoms with Gasteiger partial charge in [0.1, 0.15) is 22.7 Å². The van der Waals surface area contributed by atoms with Gasteiger partial charge >= 0.3 is 0 Å². The number of benzene rings is 7. The van der Waals surface area contributed by atoms with Crippen LogP contribution in [0.5, 0.6) is 11.5 Å². The third-order valence-corrected chi connectivity index (χ3v) is 8.79. The van der Waals surface area contributed by atoms with Crippen LogP contribution in [-0.2, 0) is 0 Å². The fourth-order valence-corrected chi connectivity index (χ4v) is 6.37. The number of rotatable bonds is 7. The molecule has 0 saturated carbocycles. The number of furan rings is 1. The lowest BCUT2D eigenvalue weighted by atomic mass is 9.99. The van der Waals surface area contributed by atoms with E-state index in [2.05, 4.69) is 48.5 Å². The summed E-state index contributed by atoms with van der Waals surface area (Å²) in [6.07, 6.45) is 0. The summed E-state index contributed by atoms with van der Waals surface area (Å²) in [7, 11) is 0. The van der Waals surface area contributed by atoms with Gasteiger partial charge in [-0.1, -0.05) is 133 Å². The minimum atomic E-state index is 0.617. The SMILES string of the molecule is c1ccc(-c2nc(-c3ccccc3)nc(-c3cccc(-c4cccc(Oc5ccc(-c6cccc7oc8ccccc8c67)cc5)c4)c3)n2)cc1. The number of aromatic nitrogens is 3. The van der Waals surface area contributed by atoms with Crippen molar-refractivity contribution in [2.75, 3.05) is 0 Å². The van der Waals surface area contributed by atoms with Crippen molar-refractivity contribution in [1.29, 1.82) is 0 Å². The van der Waals surface area contributed by atoms with Gasteiger partial charge in [0.15, 0.2) is 17.5 Å². The summed E-state index contributed by atoms with van der Waals surface area (Å²) in [5.74, 6) is 3.40. The fourth-order valence-electron chi connectivity index (χ4n) is 6.37. The highest BCUT2D eigenvalue weighted by atomic mass is 16.5. The molecule has 0 amide bonds. The molecule has 0 aliphatic carbocycles. The van der Waals surface area contributed by atoms with Gasteiger partial charge in [-0.2, -0.15) is 0 Å². The Morgan fingerprint density at radius 3 is 1.62 bits per heavy atom. The highest BCUT2D eigenvalue weighted by Crippen LogP contribution is 2.38. The lowest BCUT2D eigenvalue weighted by Crippen LogP contribution is -2.00.